The monoisotopic (exact) mass is 269 g/mol. The Hall–Kier alpha value is -0.920. The van der Waals surface area contributed by atoms with Crippen LogP contribution in [0.25, 0.3) is 0 Å². The summed E-state index contributed by atoms with van der Waals surface area (Å²) in [4.78, 5) is 4.42. The number of aromatic nitrogens is 4. The molecule has 0 aliphatic heterocycles. The van der Waals surface area contributed by atoms with Crippen LogP contribution in [-0.2, 0) is 18.8 Å². The molecule has 17 heavy (non-hydrogen) atoms. The predicted octanol–water partition coefficient (Wildman–Crippen LogP) is 1.81. The molecule has 0 aliphatic carbocycles. The molecule has 2 N–H and O–H groups in total. The molecular formula is C10H15N5S2. The van der Waals surface area contributed by atoms with Crippen molar-refractivity contribution in [2.45, 2.75) is 37.8 Å². The number of aryl methyl sites for hydroxylation is 1. The van der Waals surface area contributed by atoms with Crippen LogP contribution in [0.5, 0.6) is 0 Å². The second kappa shape index (κ2) is 5.61. The van der Waals surface area contributed by atoms with Crippen molar-refractivity contribution in [1.29, 1.82) is 0 Å². The molecule has 0 bridgehead atoms. The van der Waals surface area contributed by atoms with Gasteiger partial charge in [0.2, 0.25) is 0 Å². The predicted molar refractivity (Wildman–Crippen MR) is 70.0 cm³/mol. The minimum Gasteiger partial charge on any atom is -0.324 e. The van der Waals surface area contributed by atoms with E-state index in [1.54, 1.807) is 23.1 Å². The van der Waals surface area contributed by atoms with E-state index in [1.165, 1.54) is 0 Å². The van der Waals surface area contributed by atoms with Crippen LogP contribution in [-0.4, -0.2) is 19.7 Å². The minimum absolute atomic E-state index is 0.428. The van der Waals surface area contributed by atoms with Crippen LogP contribution in [0.2, 0.25) is 0 Å². The van der Waals surface area contributed by atoms with Crippen LogP contribution in [0.4, 0.5) is 0 Å². The molecule has 92 valence electrons. The fourth-order valence-corrected chi connectivity index (χ4v) is 3.14. The fourth-order valence-electron chi connectivity index (χ4n) is 1.51. The molecule has 0 unspecified atom stereocenters. The first-order chi connectivity index (χ1) is 8.24. The van der Waals surface area contributed by atoms with E-state index in [-0.39, 0.29) is 0 Å². The number of nitrogens with zero attached hydrogens (tertiary/aromatic N) is 4. The fraction of sp³-hybridized carbons (Fsp3) is 0.500. The first-order valence-electron chi connectivity index (χ1n) is 5.40. The molecule has 0 radical (unpaired) electrons. The molecule has 5 nitrogen and oxygen atoms in total. The van der Waals surface area contributed by atoms with E-state index >= 15 is 0 Å². The van der Waals surface area contributed by atoms with E-state index in [1.807, 2.05) is 11.5 Å². The van der Waals surface area contributed by atoms with Gasteiger partial charge in [0.05, 0.1) is 17.2 Å². The number of hydrogen-bond donors (Lipinski definition) is 1. The lowest BCUT2D eigenvalue weighted by Crippen LogP contribution is -2.08. The van der Waals surface area contributed by atoms with Crippen LogP contribution >= 0.6 is 23.1 Å². The molecule has 2 aromatic rings. The second-order valence-electron chi connectivity index (χ2n) is 3.49. The van der Waals surface area contributed by atoms with Crippen molar-refractivity contribution < 1.29 is 0 Å². The van der Waals surface area contributed by atoms with Crippen LogP contribution in [0.3, 0.4) is 0 Å². The third kappa shape index (κ3) is 2.85. The lowest BCUT2D eigenvalue weighted by atomic mass is 10.6. The zero-order valence-electron chi connectivity index (χ0n) is 9.88. The Bertz CT molecular complexity index is 491. The van der Waals surface area contributed by atoms with E-state index in [2.05, 4.69) is 27.5 Å². The Labute approximate surface area is 108 Å². The summed E-state index contributed by atoms with van der Waals surface area (Å²) in [5.41, 5.74) is 6.70. The smallest absolute Gasteiger partial charge is 0.191 e. The molecule has 0 aromatic carbocycles. The van der Waals surface area contributed by atoms with Gasteiger partial charge in [0.15, 0.2) is 5.16 Å². The maximum absolute atomic E-state index is 5.61. The molecule has 2 heterocycles. The highest BCUT2D eigenvalue weighted by atomic mass is 32.2. The SMILES string of the molecule is CCn1c(CN)nnc1SCc1csc(C)n1. The Kier molecular flexibility index (Phi) is 4.14. The van der Waals surface area contributed by atoms with Gasteiger partial charge in [-0.25, -0.2) is 4.98 Å². The van der Waals surface area contributed by atoms with E-state index in [4.69, 9.17) is 5.73 Å². The van der Waals surface area contributed by atoms with Gasteiger partial charge in [-0.3, -0.25) is 0 Å². The summed E-state index contributed by atoms with van der Waals surface area (Å²) in [5.74, 6) is 1.66. The van der Waals surface area contributed by atoms with Crippen molar-refractivity contribution in [1.82, 2.24) is 19.7 Å². The lowest BCUT2D eigenvalue weighted by molar-refractivity contribution is 0.643. The summed E-state index contributed by atoms with van der Waals surface area (Å²) in [7, 11) is 0. The second-order valence-corrected chi connectivity index (χ2v) is 5.50. The van der Waals surface area contributed by atoms with E-state index in [0.717, 1.165) is 34.0 Å². The van der Waals surface area contributed by atoms with Crippen LogP contribution in [0.15, 0.2) is 10.5 Å². The first-order valence-corrected chi connectivity index (χ1v) is 7.27. The molecule has 0 spiro atoms. The summed E-state index contributed by atoms with van der Waals surface area (Å²) >= 11 is 3.32. The summed E-state index contributed by atoms with van der Waals surface area (Å²) < 4.78 is 2.05. The summed E-state index contributed by atoms with van der Waals surface area (Å²) in [6.45, 7) is 5.36. The van der Waals surface area contributed by atoms with Gasteiger partial charge < -0.3 is 10.3 Å². The van der Waals surface area contributed by atoms with Crippen molar-refractivity contribution in [2.24, 2.45) is 5.73 Å². The molecule has 0 amide bonds. The normalized spacial score (nSPS) is 11.0. The summed E-state index contributed by atoms with van der Waals surface area (Å²) in [6, 6.07) is 0. The Morgan fingerprint density at radius 3 is 2.88 bits per heavy atom. The average molecular weight is 269 g/mol. The highest BCUT2D eigenvalue weighted by molar-refractivity contribution is 7.98. The van der Waals surface area contributed by atoms with E-state index < -0.39 is 0 Å². The highest BCUT2D eigenvalue weighted by Gasteiger charge is 2.10. The third-order valence-electron chi connectivity index (χ3n) is 2.31. The standard InChI is InChI=1S/C10H15N5S2/c1-3-15-9(4-11)13-14-10(15)17-6-8-5-16-7(2)12-8/h5H,3-4,6,11H2,1-2H3. The molecule has 0 atom stereocenters. The zero-order chi connectivity index (χ0) is 12.3. The van der Waals surface area contributed by atoms with Crippen LogP contribution < -0.4 is 5.73 Å². The van der Waals surface area contributed by atoms with Gasteiger partial charge in [0.25, 0.3) is 0 Å². The molecular weight excluding hydrogens is 254 g/mol. The van der Waals surface area contributed by atoms with Crippen LogP contribution in [0, 0.1) is 6.92 Å². The molecule has 0 fully saturated rings. The van der Waals surface area contributed by atoms with Gasteiger partial charge >= 0.3 is 0 Å². The van der Waals surface area contributed by atoms with Crippen molar-refractivity contribution in [2.75, 3.05) is 0 Å². The maximum atomic E-state index is 5.61. The Balaban J connectivity index is 2.06. The Morgan fingerprint density at radius 2 is 2.29 bits per heavy atom. The molecule has 2 rings (SSSR count). The number of rotatable bonds is 5. The highest BCUT2D eigenvalue weighted by Crippen LogP contribution is 2.22. The maximum Gasteiger partial charge on any atom is 0.191 e. The minimum atomic E-state index is 0.428. The van der Waals surface area contributed by atoms with Gasteiger partial charge in [-0.1, -0.05) is 11.8 Å². The number of nitrogens with two attached hydrogens (primary N) is 1. The van der Waals surface area contributed by atoms with E-state index in [9.17, 15) is 0 Å². The molecule has 7 heteroatoms. The zero-order valence-corrected chi connectivity index (χ0v) is 11.5. The van der Waals surface area contributed by atoms with Crippen molar-refractivity contribution in [3.05, 3.63) is 21.9 Å². The average Bonchev–Trinajstić information content (AvgIpc) is 2.91. The topological polar surface area (TPSA) is 69.6 Å². The summed E-state index contributed by atoms with van der Waals surface area (Å²) in [5, 5.41) is 12.3. The van der Waals surface area contributed by atoms with E-state index in [0.29, 0.717) is 6.54 Å². The molecule has 0 aliphatic rings. The van der Waals surface area contributed by atoms with Gasteiger partial charge in [-0.05, 0) is 13.8 Å². The van der Waals surface area contributed by atoms with Crippen molar-refractivity contribution in [3.63, 3.8) is 0 Å². The van der Waals surface area contributed by atoms with Crippen molar-refractivity contribution >= 4 is 23.1 Å². The van der Waals surface area contributed by atoms with Gasteiger partial charge in [-0.2, -0.15) is 0 Å². The number of thioether (sulfide) groups is 1. The lowest BCUT2D eigenvalue weighted by Gasteiger charge is -2.04. The van der Waals surface area contributed by atoms with Gasteiger partial charge in [0.1, 0.15) is 5.82 Å². The van der Waals surface area contributed by atoms with Gasteiger partial charge in [0, 0.05) is 17.7 Å². The van der Waals surface area contributed by atoms with Crippen LogP contribution in [0.1, 0.15) is 23.4 Å². The van der Waals surface area contributed by atoms with Crippen molar-refractivity contribution in [3.8, 4) is 0 Å². The molecule has 0 saturated heterocycles. The largest absolute Gasteiger partial charge is 0.324 e. The summed E-state index contributed by atoms with van der Waals surface area (Å²) in [6.07, 6.45) is 0. The first kappa shape index (κ1) is 12.5. The Morgan fingerprint density at radius 1 is 1.47 bits per heavy atom. The number of thiazole rings is 1. The molecule has 2 aromatic heterocycles. The third-order valence-corrected chi connectivity index (χ3v) is 4.13. The molecule has 0 saturated carbocycles. The number of hydrogen-bond acceptors (Lipinski definition) is 6. The van der Waals surface area contributed by atoms with Gasteiger partial charge in [-0.15, -0.1) is 21.5 Å². The quantitative estimate of drug-likeness (QED) is 0.838.